The third-order valence-corrected chi connectivity index (χ3v) is 7.82. The summed E-state index contributed by atoms with van der Waals surface area (Å²) in [4.78, 5) is 23.8. The van der Waals surface area contributed by atoms with E-state index < -0.39 is 56.6 Å². The zero-order valence-electron chi connectivity index (χ0n) is 22.4. The van der Waals surface area contributed by atoms with Crippen molar-refractivity contribution in [3.05, 3.63) is 36.7 Å². The second-order valence-corrected chi connectivity index (χ2v) is 10.7. The predicted octanol–water partition coefficient (Wildman–Crippen LogP) is 2.72. The molecule has 1 aromatic carbocycles. The number of nitrogen functional groups attached to an aromatic ring is 1. The number of carbonyl (C=O) groups excluding carboxylic acids is 1. The molecular weight excluding hydrogens is 593 g/mol. The minimum atomic E-state index is -5.67. The van der Waals surface area contributed by atoms with Gasteiger partial charge in [0.15, 0.2) is 23.2 Å². The molecule has 2 aromatic heterocycles. The van der Waals surface area contributed by atoms with Gasteiger partial charge in [-0.1, -0.05) is 18.2 Å². The van der Waals surface area contributed by atoms with Gasteiger partial charge in [-0.3, -0.25) is 13.9 Å². The van der Waals surface area contributed by atoms with E-state index in [4.69, 9.17) is 24.3 Å². The summed E-state index contributed by atoms with van der Waals surface area (Å²) in [5.74, 6) is -1.13. The van der Waals surface area contributed by atoms with Crippen LogP contribution in [-0.2, 0) is 23.4 Å². The predicted molar refractivity (Wildman–Crippen MR) is 139 cm³/mol. The number of esters is 1. The molecule has 1 unspecified atom stereocenters. The highest BCUT2D eigenvalue weighted by Crippen LogP contribution is 2.53. The van der Waals surface area contributed by atoms with Crippen LogP contribution in [0, 0.1) is 0 Å². The molecule has 19 heteroatoms. The molecule has 5 N–H and O–H groups in total. The van der Waals surface area contributed by atoms with Crippen LogP contribution in [0.15, 0.2) is 36.7 Å². The van der Waals surface area contributed by atoms with Gasteiger partial charge in [-0.15, -0.1) is 0 Å². The standard InChI is InChI=1S/C23H28F4N7O7P/c1-4-38-19(36)12(2)33-42(37,41-13-8-6-5-7-9-13)39-10-14-16(35)22(24,23(25,26)27)20(40-14)34-11-30-15-17(29-3)31-21(28)32-18(15)34/h5-9,11-12,14,16,20,35H,4,10H2,1-3H3,(H,33,37)(H3,28,29,31,32)/t12-,14-,16-,20-,22-,42?/m1/s1. The summed E-state index contributed by atoms with van der Waals surface area (Å²) in [6.45, 7) is 1.76. The summed E-state index contributed by atoms with van der Waals surface area (Å²) < 4.78 is 93.9. The number of aromatic nitrogens is 4. The van der Waals surface area contributed by atoms with Crippen molar-refractivity contribution in [2.45, 2.75) is 50.2 Å². The van der Waals surface area contributed by atoms with Crippen LogP contribution >= 0.6 is 7.75 Å². The van der Waals surface area contributed by atoms with Gasteiger partial charge in [-0.2, -0.15) is 28.2 Å². The van der Waals surface area contributed by atoms with Gasteiger partial charge in [0.25, 0.3) is 5.67 Å². The Labute approximate surface area is 236 Å². The number of ether oxygens (including phenoxy) is 2. The number of hydrogen-bond acceptors (Lipinski definition) is 12. The third-order valence-electron chi connectivity index (χ3n) is 6.18. The number of nitrogens with one attached hydrogen (secondary N) is 2. The summed E-state index contributed by atoms with van der Waals surface area (Å²) in [5.41, 5.74) is 0.878. The summed E-state index contributed by atoms with van der Waals surface area (Å²) in [6.07, 6.45) is -12.3. The van der Waals surface area contributed by atoms with E-state index in [-0.39, 0.29) is 35.3 Å². The minimum Gasteiger partial charge on any atom is -0.465 e. The van der Waals surface area contributed by atoms with Crippen molar-refractivity contribution < 1.29 is 50.5 Å². The van der Waals surface area contributed by atoms with Crippen molar-refractivity contribution >= 4 is 36.6 Å². The van der Waals surface area contributed by atoms with Crippen LogP contribution in [0.25, 0.3) is 11.2 Å². The van der Waals surface area contributed by atoms with Crippen molar-refractivity contribution in [3.8, 4) is 5.75 Å². The maximum atomic E-state index is 16.0. The lowest BCUT2D eigenvalue weighted by Crippen LogP contribution is -2.54. The summed E-state index contributed by atoms with van der Waals surface area (Å²) in [5, 5.41) is 15.6. The Morgan fingerprint density at radius 3 is 2.62 bits per heavy atom. The first-order valence-electron chi connectivity index (χ1n) is 12.4. The molecule has 230 valence electrons. The number of nitrogens with two attached hydrogens (primary N) is 1. The molecule has 0 aliphatic carbocycles. The van der Waals surface area contributed by atoms with Crippen molar-refractivity contribution in [3.63, 3.8) is 0 Å². The second kappa shape index (κ2) is 12.0. The van der Waals surface area contributed by atoms with E-state index in [1.54, 1.807) is 13.0 Å². The first-order valence-corrected chi connectivity index (χ1v) is 14.0. The van der Waals surface area contributed by atoms with Crippen LogP contribution in [0.1, 0.15) is 20.1 Å². The van der Waals surface area contributed by atoms with Crippen LogP contribution < -0.4 is 20.7 Å². The van der Waals surface area contributed by atoms with E-state index >= 15 is 4.39 Å². The highest BCUT2D eigenvalue weighted by molar-refractivity contribution is 7.52. The monoisotopic (exact) mass is 621 g/mol. The van der Waals surface area contributed by atoms with E-state index in [1.807, 2.05) is 0 Å². The Morgan fingerprint density at radius 2 is 2.00 bits per heavy atom. The normalized spacial score (nSPS) is 24.7. The number of para-hydroxylation sites is 1. The van der Waals surface area contributed by atoms with Crippen molar-refractivity contribution in [1.82, 2.24) is 24.6 Å². The number of benzene rings is 1. The largest absolute Gasteiger partial charge is 0.465 e. The average molecular weight is 621 g/mol. The van der Waals surface area contributed by atoms with E-state index in [2.05, 4.69) is 25.4 Å². The fourth-order valence-corrected chi connectivity index (χ4v) is 5.68. The van der Waals surface area contributed by atoms with Gasteiger partial charge < -0.3 is 30.2 Å². The maximum Gasteiger partial charge on any atom is 0.459 e. The number of anilines is 2. The smallest absolute Gasteiger partial charge is 0.459 e. The van der Waals surface area contributed by atoms with Crippen molar-refractivity contribution in [2.75, 3.05) is 31.3 Å². The Bertz CT molecular complexity index is 1460. The lowest BCUT2D eigenvalue weighted by Gasteiger charge is -2.31. The molecule has 1 saturated heterocycles. The molecule has 0 radical (unpaired) electrons. The lowest BCUT2D eigenvalue weighted by molar-refractivity contribution is -0.273. The number of hydrogen-bond donors (Lipinski definition) is 4. The summed E-state index contributed by atoms with van der Waals surface area (Å²) >= 11 is 0. The molecular formula is C23H28F4N7O7P. The van der Waals surface area contributed by atoms with Gasteiger partial charge in [0.1, 0.15) is 24.0 Å². The summed E-state index contributed by atoms with van der Waals surface area (Å²) in [6, 6.07) is 6.24. The quantitative estimate of drug-likeness (QED) is 0.139. The number of rotatable bonds is 11. The van der Waals surface area contributed by atoms with Gasteiger partial charge in [0.2, 0.25) is 5.95 Å². The molecule has 0 amide bonds. The van der Waals surface area contributed by atoms with Gasteiger partial charge in [0.05, 0.1) is 19.5 Å². The second-order valence-electron chi connectivity index (χ2n) is 9.04. The van der Waals surface area contributed by atoms with E-state index in [9.17, 15) is 27.6 Å². The van der Waals surface area contributed by atoms with Gasteiger partial charge >= 0.3 is 19.9 Å². The third kappa shape index (κ3) is 5.98. The molecule has 0 bridgehead atoms. The van der Waals surface area contributed by atoms with Gasteiger partial charge in [-0.25, -0.2) is 13.9 Å². The van der Waals surface area contributed by atoms with Gasteiger partial charge in [0, 0.05) is 7.05 Å². The number of imidazole rings is 1. The Kier molecular flexibility index (Phi) is 8.94. The highest BCUT2D eigenvalue weighted by Gasteiger charge is 2.73. The molecule has 4 rings (SSSR count). The Balaban J connectivity index is 1.66. The molecule has 6 atom stereocenters. The molecule has 3 aromatic rings. The molecule has 0 spiro atoms. The number of fused-ring (bicyclic) bond motifs is 1. The Morgan fingerprint density at radius 1 is 1.31 bits per heavy atom. The highest BCUT2D eigenvalue weighted by atomic mass is 31.2. The van der Waals surface area contributed by atoms with Gasteiger partial charge in [-0.05, 0) is 26.0 Å². The molecule has 1 fully saturated rings. The Hall–Kier alpha value is -3.57. The van der Waals surface area contributed by atoms with Crippen LogP contribution in [0.2, 0.25) is 0 Å². The van der Waals surface area contributed by atoms with Crippen LogP contribution in [0.3, 0.4) is 0 Å². The molecule has 1 aliphatic heterocycles. The zero-order chi connectivity index (χ0) is 30.9. The van der Waals surface area contributed by atoms with Crippen molar-refractivity contribution in [1.29, 1.82) is 0 Å². The SMILES string of the molecule is CCOC(=O)[C@@H](C)NP(=O)(OC[C@H]1O[C@@H](n2cnc3c(NC)nc(N)nc32)[C@@](F)(C(F)(F)F)[C@@H]1O)Oc1ccccc1. The fourth-order valence-electron chi connectivity index (χ4n) is 4.18. The fraction of sp³-hybridized carbons (Fsp3) is 0.478. The minimum absolute atomic E-state index is 0.00435. The zero-order valence-corrected chi connectivity index (χ0v) is 23.3. The number of aliphatic hydroxyl groups is 1. The molecule has 14 nitrogen and oxygen atoms in total. The number of nitrogens with zero attached hydrogens (tertiary/aromatic N) is 4. The lowest BCUT2D eigenvalue weighted by atomic mass is 9.95. The first kappa shape index (κ1) is 31.4. The van der Waals surface area contributed by atoms with Crippen LogP contribution in [0.5, 0.6) is 5.75 Å². The maximum absolute atomic E-state index is 16.0. The number of carbonyl (C=O) groups is 1. The van der Waals surface area contributed by atoms with Crippen LogP contribution in [-0.4, -0.2) is 81.0 Å². The number of halogens is 4. The molecule has 1 aliphatic rings. The van der Waals surface area contributed by atoms with Crippen LogP contribution in [0.4, 0.5) is 29.3 Å². The average Bonchev–Trinajstić information content (AvgIpc) is 3.46. The molecule has 42 heavy (non-hydrogen) atoms. The molecule has 3 heterocycles. The van der Waals surface area contributed by atoms with E-state index in [1.165, 1.54) is 38.2 Å². The summed E-state index contributed by atoms with van der Waals surface area (Å²) in [7, 11) is -3.13. The van der Waals surface area contributed by atoms with E-state index in [0.29, 0.717) is 4.57 Å². The topological polar surface area (TPSA) is 185 Å². The van der Waals surface area contributed by atoms with E-state index in [0.717, 1.165) is 6.33 Å². The number of alkyl halides is 4. The van der Waals surface area contributed by atoms with Crippen molar-refractivity contribution in [2.24, 2.45) is 0 Å². The molecule has 0 saturated carbocycles. The first-order chi connectivity index (χ1) is 19.7. The number of aliphatic hydroxyl groups excluding tert-OH is 1.